The van der Waals surface area contributed by atoms with Gasteiger partial charge in [0.05, 0.1) is 6.61 Å². The molecule has 1 atom stereocenters. The number of nitrogens with one attached hydrogen (secondary N) is 1. The van der Waals surface area contributed by atoms with Crippen LogP contribution >= 0.6 is 0 Å². The Bertz CT molecular complexity index is 373. The molecule has 1 aliphatic rings. The minimum absolute atomic E-state index is 0.145. The zero-order valence-electron chi connectivity index (χ0n) is 10.9. The Hall–Kier alpha value is -1.51. The quantitative estimate of drug-likeness (QED) is 0.752. The van der Waals surface area contributed by atoms with Gasteiger partial charge in [-0.15, -0.1) is 0 Å². The lowest BCUT2D eigenvalue weighted by Crippen LogP contribution is -2.33. The molecular formula is C15H21NO2. The van der Waals surface area contributed by atoms with Gasteiger partial charge in [0.1, 0.15) is 5.75 Å². The minimum atomic E-state index is 0.145. The molecule has 1 N–H and O–H groups in total. The van der Waals surface area contributed by atoms with E-state index in [-0.39, 0.29) is 5.91 Å². The average Bonchev–Trinajstić information content (AvgIpc) is 3.20. The van der Waals surface area contributed by atoms with Gasteiger partial charge in [-0.25, -0.2) is 0 Å². The number of para-hydroxylation sites is 1. The zero-order valence-corrected chi connectivity index (χ0v) is 10.9. The van der Waals surface area contributed by atoms with E-state index in [4.69, 9.17) is 4.74 Å². The fourth-order valence-electron chi connectivity index (χ4n) is 1.98. The van der Waals surface area contributed by atoms with Crippen LogP contribution in [0.5, 0.6) is 5.75 Å². The van der Waals surface area contributed by atoms with E-state index < -0.39 is 0 Å². The SMILES string of the molecule is CC(NC(=O)CCCOc1ccccc1)C1CC1. The number of ether oxygens (including phenoxy) is 1. The first-order valence-electron chi connectivity index (χ1n) is 6.73. The van der Waals surface area contributed by atoms with Gasteiger partial charge in [0.25, 0.3) is 0 Å². The number of carbonyl (C=O) groups excluding carboxylic acids is 1. The van der Waals surface area contributed by atoms with Gasteiger partial charge in [0.15, 0.2) is 0 Å². The number of hydrogen-bond acceptors (Lipinski definition) is 2. The van der Waals surface area contributed by atoms with Crippen molar-refractivity contribution in [3.63, 3.8) is 0 Å². The van der Waals surface area contributed by atoms with E-state index in [9.17, 15) is 4.79 Å². The van der Waals surface area contributed by atoms with E-state index in [1.807, 2.05) is 30.3 Å². The third-order valence-corrected chi connectivity index (χ3v) is 3.28. The fraction of sp³-hybridized carbons (Fsp3) is 0.533. The maximum absolute atomic E-state index is 11.6. The summed E-state index contributed by atoms with van der Waals surface area (Å²) in [6, 6.07) is 10.0. The lowest BCUT2D eigenvalue weighted by molar-refractivity contribution is -0.122. The summed E-state index contributed by atoms with van der Waals surface area (Å²) in [4.78, 5) is 11.6. The van der Waals surface area contributed by atoms with Gasteiger partial charge < -0.3 is 10.1 Å². The molecule has 1 aromatic carbocycles. The Morgan fingerprint density at radius 3 is 2.78 bits per heavy atom. The van der Waals surface area contributed by atoms with Gasteiger partial charge in [-0.3, -0.25) is 4.79 Å². The Morgan fingerprint density at radius 1 is 1.39 bits per heavy atom. The van der Waals surface area contributed by atoms with Crippen LogP contribution in [0.2, 0.25) is 0 Å². The first kappa shape index (κ1) is 12.9. The molecule has 1 aromatic rings. The topological polar surface area (TPSA) is 38.3 Å². The number of amides is 1. The minimum Gasteiger partial charge on any atom is -0.494 e. The highest BCUT2D eigenvalue weighted by atomic mass is 16.5. The molecule has 0 bridgehead atoms. The second-order valence-electron chi connectivity index (χ2n) is 4.96. The number of carbonyl (C=O) groups is 1. The standard InChI is InChI=1S/C15H21NO2/c1-12(13-9-10-13)16-15(17)8-5-11-18-14-6-3-2-4-7-14/h2-4,6-7,12-13H,5,8-11H2,1H3,(H,16,17). The van der Waals surface area contributed by atoms with Crippen LogP contribution in [0.3, 0.4) is 0 Å². The van der Waals surface area contributed by atoms with Crippen molar-refractivity contribution in [3.05, 3.63) is 30.3 Å². The van der Waals surface area contributed by atoms with Crippen LogP contribution in [0.1, 0.15) is 32.6 Å². The van der Waals surface area contributed by atoms with E-state index in [0.717, 1.165) is 18.1 Å². The van der Waals surface area contributed by atoms with Crippen LogP contribution in [-0.4, -0.2) is 18.6 Å². The van der Waals surface area contributed by atoms with Crippen molar-refractivity contribution in [2.24, 2.45) is 5.92 Å². The van der Waals surface area contributed by atoms with E-state index in [0.29, 0.717) is 19.1 Å². The number of rotatable bonds is 7. The van der Waals surface area contributed by atoms with Crippen molar-refractivity contribution in [2.75, 3.05) is 6.61 Å². The third kappa shape index (κ3) is 4.40. The lowest BCUT2D eigenvalue weighted by Gasteiger charge is -2.12. The molecule has 0 spiro atoms. The van der Waals surface area contributed by atoms with Gasteiger partial charge in [-0.2, -0.15) is 0 Å². The van der Waals surface area contributed by atoms with Crippen LogP contribution in [0.15, 0.2) is 30.3 Å². The summed E-state index contributed by atoms with van der Waals surface area (Å²) in [5, 5.41) is 3.05. The summed E-state index contributed by atoms with van der Waals surface area (Å²) < 4.78 is 5.54. The molecule has 1 unspecified atom stereocenters. The van der Waals surface area contributed by atoms with Crippen molar-refractivity contribution >= 4 is 5.91 Å². The normalized spacial score (nSPS) is 16.1. The summed E-state index contributed by atoms with van der Waals surface area (Å²) in [6.07, 6.45) is 3.83. The molecule has 0 radical (unpaired) electrons. The van der Waals surface area contributed by atoms with Crippen molar-refractivity contribution in [2.45, 2.75) is 38.6 Å². The largest absolute Gasteiger partial charge is 0.494 e. The molecule has 0 aliphatic heterocycles. The smallest absolute Gasteiger partial charge is 0.220 e. The molecule has 18 heavy (non-hydrogen) atoms. The molecule has 3 heteroatoms. The monoisotopic (exact) mass is 247 g/mol. The molecule has 1 fully saturated rings. The molecular weight excluding hydrogens is 226 g/mol. The Labute approximate surface area is 109 Å². The fourth-order valence-corrected chi connectivity index (χ4v) is 1.98. The van der Waals surface area contributed by atoms with Crippen molar-refractivity contribution in [3.8, 4) is 5.75 Å². The maximum Gasteiger partial charge on any atom is 0.220 e. The molecule has 1 saturated carbocycles. The Morgan fingerprint density at radius 2 is 2.11 bits per heavy atom. The summed E-state index contributed by atoms with van der Waals surface area (Å²) in [5.41, 5.74) is 0. The Kier molecular flexibility index (Phi) is 4.62. The third-order valence-electron chi connectivity index (χ3n) is 3.28. The highest BCUT2D eigenvalue weighted by Crippen LogP contribution is 2.32. The second-order valence-corrected chi connectivity index (χ2v) is 4.96. The highest BCUT2D eigenvalue weighted by Gasteiger charge is 2.28. The molecule has 0 saturated heterocycles. The summed E-state index contributed by atoms with van der Waals surface area (Å²) in [6.45, 7) is 2.69. The van der Waals surface area contributed by atoms with Crippen LogP contribution in [-0.2, 0) is 4.79 Å². The van der Waals surface area contributed by atoms with Crippen molar-refractivity contribution in [1.82, 2.24) is 5.32 Å². The first-order chi connectivity index (χ1) is 8.75. The summed E-state index contributed by atoms with van der Waals surface area (Å²) in [7, 11) is 0. The lowest BCUT2D eigenvalue weighted by atomic mass is 10.2. The van der Waals surface area contributed by atoms with Crippen LogP contribution in [0.4, 0.5) is 0 Å². The van der Waals surface area contributed by atoms with Gasteiger partial charge in [-0.1, -0.05) is 18.2 Å². The first-order valence-corrected chi connectivity index (χ1v) is 6.73. The molecule has 0 heterocycles. The number of hydrogen-bond donors (Lipinski definition) is 1. The van der Waals surface area contributed by atoms with Gasteiger partial charge >= 0.3 is 0 Å². The molecule has 2 rings (SSSR count). The van der Waals surface area contributed by atoms with Crippen LogP contribution in [0.25, 0.3) is 0 Å². The van der Waals surface area contributed by atoms with Crippen molar-refractivity contribution in [1.29, 1.82) is 0 Å². The molecule has 3 nitrogen and oxygen atoms in total. The van der Waals surface area contributed by atoms with Gasteiger partial charge in [0.2, 0.25) is 5.91 Å². The van der Waals surface area contributed by atoms with Gasteiger partial charge in [-0.05, 0) is 44.2 Å². The van der Waals surface area contributed by atoms with Crippen molar-refractivity contribution < 1.29 is 9.53 Å². The van der Waals surface area contributed by atoms with Gasteiger partial charge in [0, 0.05) is 12.5 Å². The molecule has 1 amide bonds. The average molecular weight is 247 g/mol. The molecule has 98 valence electrons. The predicted octanol–water partition coefficient (Wildman–Crippen LogP) is 2.76. The number of benzene rings is 1. The van der Waals surface area contributed by atoms with E-state index in [1.165, 1.54) is 12.8 Å². The van der Waals surface area contributed by atoms with E-state index in [1.54, 1.807) is 0 Å². The second kappa shape index (κ2) is 6.43. The Balaban J connectivity index is 1.56. The molecule has 0 aromatic heterocycles. The summed E-state index contributed by atoms with van der Waals surface area (Å²) >= 11 is 0. The van der Waals surface area contributed by atoms with Crippen LogP contribution < -0.4 is 10.1 Å². The van der Waals surface area contributed by atoms with E-state index >= 15 is 0 Å². The maximum atomic E-state index is 11.6. The van der Waals surface area contributed by atoms with E-state index in [2.05, 4.69) is 12.2 Å². The predicted molar refractivity (Wildman–Crippen MR) is 71.5 cm³/mol. The molecule has 1 aliphatic carbocycles. The highest BCUT2D eigenvalue weighted by molar-refractivity contribution is 5.76. The van der Waals surface area contributed by atoms with Crippen LogP contribution in [0, 0.1) is 5.92 Å². The summed E-state index contributed by atoms with van der Waals surface area (Å²) in [5.74, 6) is 1.73. The zero-order chi connectivity index (χ0) is 12.8.